The fourth-order valence-electron chi connectivity index (χ4n) is 0.524. The summed E-state index contributed by atoms with van der Waals surface area (Å²) in [6, 6.07) is -1.29. The standard InChI is InChI=1S/CHNS4/c2-6-1(3-6,4-6)5-6/h2H. The molecule has 0 amide bonds. The van der Waals surface area contributed by atoms with Gasteiger partial charge in [-0.25, -0.2) is 0 Å². The summed E-state index contributed by atoms with van der Waals surface area (Å²) in [5.74, 6) is 0. The number of hydrogen-bond donors (Lipinski definition) is 1. The van der Waals surface area contributed by atoms with E-state index in [9.17, 15) is 0 Å². The zero-order chi connectivity index (χ0) is 4.07. The molecule has 0 spiro atoms. The van der Waals surface area contributed by atoms with Gasteiger partial charge in [0, 0.05) is 0 Å². The Morgan fingerprint density at radius 1 is 1.33 bits per heavy atom. The van der Waals surface area contributed by atoms with E-state index in [0.29, 0.717) is 2.74 Å². The zero-order valence-corrected chi connectivity index (χ0v) is 5.90. The van der Waals surface area contributed by atoms with E-state index in [-0.39, 0.29) is 0 Å². The van der Waals surface area contributed by atoms with Gasteiger partial charge in [-0.15, -0.1) is 0 Å². The Hall–Kier alpha value is 1.20. The van der Waals surface area contributed by atoms with Crippen molar-refractivity contribution in [2.75, 3.05) is 0 Å². The molecule has 0 aromatic heterocycles. The van der Waals surface area contributed by atoms with E-state index < -0.39 is 6.05 Å². The van der Waals surface area contributed by atoms with Crippen molar-refractivity contribution < 1.29 is 0 Å². The molecule has 3 rings (SSSR count). The largest absolute Gasteiger partial charge is 0.268 e. The zero-order valence-electron chi connectivity index (χ0n) is 2.63. The van der Waals surface area contributed by atoms with E-state index in [1.807, 2.05) is 32.4 Å². The maximum Gasteiger partial charge on any atom is 0.203 e. The highest BCUT2D eigenvalue weighted by molar-refractivity contribution is 9.78. The third-order valence-electron chi connectivity index (χ3n) is 1.11. The lowest BCUT2D eigenvalue weighted by molar-refractivity contribution is 1.65. The molecule has 1 nitrogen and oxygen atoms in total. The van der Waals surface area contributed by atoms with Crippen molar-refractivity contribution in [1.82, 2.24) is 0 Å². The molecule has 3 aliphatic rings. The van der Waals surface area contributed by atoms with Gasteiger partial charge in [0.05, 0.1) is 0 Å². The number of hydrogen-bond acceptors (Lipinski definition) is 4. The first-order valence-electron chi connectivity index (χ1n) is 1.52. The monoisotopic (exact) mass is 155 g/mol. The Morgan fingerprint density at radius 2 is 1.50 bits per heavy atom. The van der Waals surface area contributed by atoms with Crippen LogP contribution < -0.4 is 0 Å². The first kappa shape index (κ1) is 3.27. The molecule has 0 aromatic carbocycles. The fraction of sp³-hybridized carbons (Fsp3) is 1.00. The van der Waals surface area contributed by atoms with E-state index in [0.717, 1.165) is 0 Å². The number of rotatable bonds is 0. The van der Waals surface area contributed by atoms with Crippen LogP contribution in [0.4, 0.5) is 0 Å². The third-order valence-corrected chi connectivity index (χ3v) is 21.0. The van der Waals surface area contributed by atoms with Gasteiger partial charge in [-0.3, -0.25) is 4.78 Å². The van der Waals surface area contributed by atoms with Gasteiger partial charge in [0.2, 0.25) is 2.74 Å². The Morgan fingerprint density at radius 3 is 1.50 bits per heavy atom. The van der Waals surface area contributed by atoms with Crippen LogP contribution in [0.15, 0.2) is 0 Å². The van der Waals surface area contributed by atoms with Gasteiger partial charge in [-0.1, -0.05) is 0 Å². The highest BCUT2D eigenvalue weighted by atomic mass is 34.0. The highest BCUT2D eigenvalue weighted by Gasteiger charge is 3.09. The molecule has 3 heterocycles. The van der Waals surface area contributed by atoms with E-state index in [1.165, 1.54) is 0 Å². The molecular weight excluding hydrogens is 154 g/mol. The van der Waals surface area contributed by atoms with Gasteiger partial charge in [0.15, 0.2) is 0 Å². The average molecular weight is 155 g/mol. The van der Waals surface area contributed by atoms with Crippen LogP contribution in [0.2, 0.25) is 0 Å². The molecule has 3 fully saturated rings. The lowest BCUT2D eigenvalue weighted by Crippen LogP contribution is -1.75. The molecule has 6 heavy (non-hydrogen) atoms. The smallest absolute Gasteiger partial charge is 0.203 e. The summed E-state index contributed by atoms with van der Waals surface area (Å²) < 4.78 is 8.06. The Labute approximate surface area is 46.0 Å². The first-order chi connectivity index (χ1) is 2.68. The minimum absolute atomic E-state index is 0.525. The van der Waals surface area contributed by atoms with Gasteiger partial charge < -0.3 is 0 Å². The minimum Gasteiger partial charge on any atom is -0.268 e. The van der Waals surface area contributed by atoms with Crippen molar-refractivity contribution in [3.63, 3.8) is 0 Å². The van der Waals surface area contributed by atoms with E-state index in [4.69, 9.17) is 4.78 Å². The van der Waals surface area contributed by atoms with Crippen molar-refractivity contribution in [2.45, 2.75) is 2.74 Å². The lowest BCUT2D eigenvalue weighted by atomic mass is 11.8. The van der Waals surface area contributed by atoms with Crippen LogP contribution in [-0.4, -0.2) is 2.74 Å². The molecular formula is CHNS4. The van der Waals surface area contributed by atoms with Crippen molar-refractivity contribution >= 4 is 38.4 Å². The van der Waals surface area contributed by atoms with Gasteiger partial charge >= 0.3 is 0 Å². The molecule has 5 heteroatoms. The molecule has 0 atom stereocenters. The van der Waals surface area contributed by atoms with Crippen molar-refractivity contribution in [3.8, 4) is 0 Å². The van der Waals surface area contributed by atoms with Crippen LogP contribution in [-0.2, 0) is 6.05 Å². The molecule has 0 saturated carbocycles. The van der Waals surface area contributed by atoms with Gasteiger partial charge in [0.1, 0.15) is 0 Å². The summed E-state index contributed by atoms with van der Waals surface area (Å²) in [4.78, 5) is 0. The van der Waals surface area contributed by atoms with Gasteiger partial charge in [0.25, 0.3) is 0 Å². The maximum atomic E-state index is 7.54. The van der Waals surface area contributed by atoms with Crippen LogP contribution in [0.25, 0.3) is 0 Å². The van der Waals surface area contributed by atoms with Crippen molar-refractivity contribution in [2.24, 2.45) is 0 Å². The summed E-state index contributed by atoms with van der Waals surface area (Å²) in [6.45, 7) is 0. The average Bonchev–Trinajstić information content (AvgIpc) is 1.71. The van der Waals surface area contributed by atoms with Gasteiger partial charge in [-0.05, 0) is 38.4 Å². The van der Waals surface area contributed by atoms with Crippen LogP contribution in [0.1, 0.15) is 0 Å². The molecule has 3 saturated heterocycles. The molecule has 0 bridgehead atoms. The SMILES string of the molecule is N=S123SC1(S2)S3. The number of nitrogens with one attached hydrogen (secondary N) is 1. The molecule has 0 unspecified atom stereocenters. The quantitative estimate of drug-likeness (QED) is 0.428. The van der Waals surface area contributed by atoms with E-state index >= 15 is 0 Å². The summed E-state index contributed by atoms with van der Waals surface area (Å²) in [5, 5.41) is 0. The summed E-state index contributed by atoms with van der Waals surface area (Å²) >= 11 is 0. The second kappa shape index (κ2) is 0.411. The highest BCUT2D eigenvalue weighted by Crippen LogP contribution is 3.27. The Bertz CT molecular complexity index is 186. The minimum atomic E-state index is -1.29. The van der Waals surface area contributed by atoms with Crippen LogP contribution in [0, 0.1) is 4.78 Å². The first-order valence-corrected chi connectivity index (χ1v) is 7.56. The molecule has 3 aliphatic heterocycles. The predicted molar refractivity (Wildman–Crippen MR) is 35.6 cm³/mol. The summed E-state index contributed by atoms with van der Waals surface area (Å²) in [7, 11) is 5.71. The normalized spacial score (nSPS) is 77.7. The van der Waals surface area contributed by atoms with E-state index in [1.54, 1.807) is 0 Å². The molecule has 34 valence electrons. The van der Waals surface area contributed by atoms with Crippen LogP contribution in [0.5, 0.6) is 0 Å². The van der Waals surface area contributed by atoms with Crippen LogP contribution in [0.3, 0.4) is 0 Å². The second-order valence-electron chi connectivity index (χ2n) is 1.56. The lowest BCUT2D eigenvalue weighted by Gasteiger charge is -2.06. The predicted octanol–water partition coefficient (Wildman–Crippen LogP) is 2.04. The Balaban J connectivity index is 2.74. The van der Waals surface area contributed by atoms with E-state index in [2.05, 4.69) is 0 Å². The van der Waals surface area contributed by atoms with Crippen molar-refractivity contribution in [3.05, 3.63) is 0 Å². The summed E-state index contributed by atoms with van der Waals surface area (Å²) in [5.41, 5.74) is 0. The van der Waals surface area contributed by atoms with Crippen LogP contribution >= 0.6 is 32.4 Å². The maximum absolute atomic E-state index is 7.54. The molecule has 0 aromatic rings. The molecule has 1 N–H and O–H groups in total. The van der Waals surface area contributed by atoms with Gasteiger partial charge in [-0.2, -0.15) is 0 Å². The fourth-order valence-corrected chi connectivity index (χ4v) is 23.1. The molecule has 0 radical (unpaired) electrons. The second-order valence-corrected chi connectivity index (χ2v) is 17.1. The summed E-state index contributed by atoms with van der Waals surface area (Å²) in [6.07, 6.45) is 0. The molecule has 0 aliphatic carbocycles. The Kier molecular flexibility index (Phi) is 0.224. The third kappa shape index (κ3) is 0.115. The van der Waals surface area contributed by atoms with Crippen molar-refractivity contribution in [1.29, 1.82) is 4.78 Å². The topological polar surface area (TPSA) is 23.9 Å².